The van der Waals surface area contributed by atoms with Gasteiger partial charge in [0.15, 0.2) is 0 Å². The van der Waals surface area contributed by atoms with Crippen LogP contribution in [0.25, 0.3) is 0 Å². The Morgan fingerprint density at radius 1 is 1.17 bits per heavy atom. The van der Waals surface area contributed by atoms with Gasteiger partial charge in [-0.1, -0.05) is 29.8 Å². The van der Waals surface area contributed by atoms with E-state index in [9.17, 15) is 4.79 Å². The van der Waals surface area contributed by atoms with E-state index >= 15 is 0 Å². The second-order valence-electron chi connectivity index (χ2n) is 6.60. The zero-order valence-corrected chi connectivity index (χ0v) is 14.0. The van der Waals surface area contributed by atoms with E-state index in [1.807, 2.05) is 16.5 Å². The zero-order valence-electron chi connectivity index (χ0n) is 14.0. The lowest BCUT2D eigenvalue weighted by Crippen LogP contribution is -2.48. The molecule has 2 aliphatic heterocycles. The van der Waals surface area contributed by atoms with Crippen LogP contribution in [0.2, 0.25) is 0 Å². The number of hydrogen-bond donors (Lipinski definition) is 2. The van der Waals surface area contributed by atoms with Crippen LogP contribution in [0.4, 0.5) is 0 Å². The van der Waals surface area contributed by atoms with Gasteiger partial charge in [-0.3, -0.25) is 4.79 Å². The molecule has 2 aromatic rings. The van der Waals surface area contributed by atoms with E-state index in [4.69, 9.17) is 0 Å². The Morgan fingerprint density at radius 3 is 2.75 bits per heavy atom. The molecule has 2 aliphatic rings. The second kappa shape index (κ2) is 5.99. The van der Waals surface area contributed by atoms with Crippen molar-refractivity contribution in [1.82, 2.24) is 30.5 Å². The Balaban J connectivity index is 1.42. The highest BCUT2D eigenvalue weighted by atomic mass is 16.2. The lowest BCUT2D eigenvalue weighted by atomic mass is 10.0. The number of nitrogens with zero attached hydrogens (tertiary/aromatic N) is 4. The number of aryl methyl sites for hydroxylation is 2. The Bertz CT molecular complexity index is 753. The van der Waals surface area contributed by atoms with E-state index in [0.29, 0.717) is 19.6 Å². The van der Waals surface area contributed by atoms with Gasteiger partial charge in [-0.25, -0.2) is 20.5 Å². The molecular formula is C17H22N6O. The van der Waals surface area contributed by atoms with Crippen LogP contribution in [0.3, 0.4) is 0 Å². The molecule has 0 bridgehead atoms. The largest absolute Gasteiger partial charge is 0.332 e. The van der Waals surface area contributed by atoms with Crippen LogP contribution in [0.1, 0.15) is 35.2 Å². The van der Waals surface area contributed by atoms with E-state index in [1.54, 1.807) is 0 Å². The second-order valence-corrected chi connectivity index (χ2v) is 6.60. The number of benzene rings is 1. The van der Waals surface area contributed by atoms with Gasteiger partial charge in [0.2, 0.25) is 5.91 Å². The average Bonchev–Trinajstić information content (AvgIpc) is 3.20. The van der Waals surface area contributed by atoms with Gasteiger partial charge >= 0.3 is 0 Å². The van der Waals surface area contributed by atoms with E-state index < -0.39 is 0 Å². The van der Waals surface area contributed by atoms with Crippen molar-refractivity contribution < 1.29 is 4.79 Å². The van der Waals surface area contributed by atoms with Crippen LogP contribution < -0.4 is 10.9 Å². The number of hydrazine groups is 1. The lowest BCUT2D eigenvalue weighted by Gasteiger charge is -2.28. The molecule has 1 amide bonds. The van der Waals surface area contributed by atoms with Crippen molar-refractivity contribution in [1.29, 1.82) is 0 Å². The predicted molar refractivity (Wildman–Crippen MR) is 88.8 cm³/mol. The molecule has 126 valence electrons. The maximum absolute atomic E-state index is 12.8. The molecule has 1 saturated heterocycles. The van der Waals surface area contributed by atoms with Gasteiger partial charge in [0.1, 0.15) is 17.7 Å². The molecule has 0 spiro atoms. The summed E-state index contributed by atoms with van der Waals surface area (Å²) in [5.74, 6) is 1.76. The van der Waals surface area contributed by atoms with Crippen LogP contribution in [0.15, 0.2) is 24.3 Å². The minimum atomic E-state index is -0.202. The van der Waals surface area contributed by atoms with Crippen molar-refractivity contribution in [2.45, 2.75) is 45.4 Å². The third-order valence-corrected chi connectivity index (χ3v) is 4.76. The molecule has 1 aromatic heterocycles. The highest BCUT2D eigenvalue weighted by Gasteiger charge is 2.34. The molecule has 24 heavy (non-hydrogen) atoms. The van der Waals surface area contributed by atoms with Crippen LogP contribution >= 0.6 is 0 Å². The summed E-state index contributed by atoms with van der Waals surface area (Å²) in [6.07, 6.45) is 0.754. The maximum atomic E-state index is 12.8. The monoisotopic (exact) mass is 326 g/mol. The minimum Gasteiger partial charge on any atom is -0.332 e. The van der Waals surface area contributed by atoms with Gasteiger partial charge in [0, 0.05) is 12.6 Å². The highest BCUT2D eigenvalue weighted by Crippen LogP contribution is 2.24. The molecule has 7 nitrogen and oxygen atoms in total. The van der Waals surface area contributed by atoms with Crippen molar-refractivity contribution in [2.24, 2.45) is 0 Å². The van der Waals surface area contributed by atoms with Crippen molar-refractivity contribution in [3.8, 4) is 0 Å². The van der Waals surface area contributed by atoms with Crippen LogP contribution in [-0.2, 0) is 17.9 Å². The van der Waals surface area contributed by atoms with E-state index in [0.717, 1.165) is 18.1 Å². The number of carbonyl (C=O) groups excluding carboxylic acids is 1. The zero-order chi connectivity index (χ0) is 16.7. The molecule has 2 N–H and O–H groups in total. The maximum Gasteiger partial charge on any atom is 0.241 e. The molecule has 4 rings (SSSR count). The fourth-order valence-corrected chi connectivity index (χ4v) is 3.40. The Kier molecular flexibility index (Phi) is 3.82. The molecule has 0 aliphatic carbocycles. The minimum absolute atomic E-state index is 0.129. The highest BCUT2D eigenvalue weighted by molar-refractivity contribution is 5.82. The van der Waals surface area contributed by atoms with Crippen LogP contribution in [0.5, 0.6) is 0 Å². The SMILES string of the molecule is Cc1ccc(C2CC(C(=O)N3CCn4nc(C)nc4C3)NN2)cc1. The third-order valence-electron chi connectivity index (χ3n) is 4.76. The number of nitrogens with one attached hydrogen (secondary N) is 2. The number of amides is 1. The Labute approximate surface area is 141 Å². The standard InChI is InChI=1S/C17H22N6O/c1-11-3-5-13(6-4-11)14-9-15(20-19-14)17(24)22-7-8-23-16(10-22)18-12(2)21-23/h3-6,14-15,19-20H,7-10H2,1-2H3. The van der Waals surface area contributed by atoms with Gasteiger partial charge in [-0.15, -0.1) is 0 Å². The smallest absolute Gasteiger partial charge is 0.241 e. The number of fused-ring (bicyclic) bond motifs is 1. The summed E-state index contributed by atoms with van der Waals surface area (Å²) in [6, 6.07) is 8.40. The first-order valence-corrected chi connectivity index (χ1v) is 8.37. The predicted octanol–water partition coefficient (Wildman–Crippen LogP) is 0.845. The molecule has 7 heteroatoms. The number of hydrogen-bond acceptors (Lipinski definition) is 5. The molecule has 0 saturated carbocycles. The van der Waals surface area contributed by atoms with Gasteiger partial charge in [-0.2, -0.15) is 5.10 Å². The van der Waals surface area contributed by atoms with E-state index in [-0.39, 0.29) is 18.0 Å². The van der Waals surface area contributed by atoms with Crippen LogP contribution in [0, 0.1) is 13.8 Å². The quantitative estimate of drug-likeness (QED) is 0.856. The van der Waals surface area contributed by atoms with Crippen LogP contribution in [-0.4, -0.2) is 38.2 Å². The average molecular weight is 326 g/mol. The summed E-state index contributed by atoms with van der Waals surface area (Å²) >= 11 is 0. The molecule has 1 fully saturated rings. The topological polar surface area (TPSA) is 75.1 Å². The first-order chi connectivity index (χ1) is 11.6. The lowest BCUT2D eigenvalue weighted by molar-refractivity contribution is -0.134. The van der Waals surface area contributed by atoms with Crippen molar-refractivity contribution in [3.05, 3.63) is 47.0 Å². The summed E-state index contributed by atoms with van der Waals surface area (Å²) in [5.41, 5.74) is 8.86. The summed E-state index contributed by atoms with van der Waals surface area (Å²) in [4.78, 5) is 19.1. The fourth-order valence-electron chi connectivity index (χ4n) is 3.40. The molecule has 2 unspecified atom stereocenters. The third kappa shape index (κ3) is 2.81. The van der Waals surface area contributed by atoms with Gasteiger partial charge in [0.05, 0.1) is 13.1 Å². The first-order valence-electron chi connectivity index (χ1n) is 8.37. The Hall–Kier alpha value is -2.25. The summed E-state index contributed by atoms with van der Waals surface area (Å²) in [6.45, 7) is 5.89. The van der Waals surface area contributed by atoms with Crippen molar-refractivity contribution >= 4 is 5.91 Å². The van der Waals surface area contributed by atoms with Gasteiger partial charge in [0.25, 0.3) is 0 Å². The number of carbonyl (C=O) groups is 1. The normalized spacial score (nSPS) is 23.3. The van der Waals surface area contributed by atoms with Gasteiger partial charge in [-0.05, 0) is 25.8 Å². The molecule has 3 heterocycles. The molecule has 1 aromatic carbocycles. The number of aromatic nitrogens is 3. The summed E-state index contributed by atoms with van der Waals surface area (Å²) < 4.78 is 1.90. The van der Waals surface area contributed by atoms with Crippen molar-refractivity contribution in [3.63, 3.8) is 0 Å². The Morgan fingerprint density at radius 2 is 1.96 bits per heavy atom. The van der Waals surface area contributed by atoms with E-state index in [2.05, 4.69) is 52.1 Å². The molecule has 2 atom stereocenters. The van der Waals surface area contributed by atoms with E-state index in [1.165, 1.54) is 11.1 Å². The molecular weight excluding hydrogens is 304 g/mol. The summed E-state index contributed by atoms with van der Waals surface area (Å²) in [7, 11) is 0. The van der Waals surface area contributed by atoms with Crippen molar-refractivity contribution in [2.75, 3.05) is 6.54 Å². The van der Waals surface area contributed by atoms with Gasteiger partial charge < -0.3 is 4.90 Å². The summed E-state index contributed by atoms with van der Waals surface area (Å²) in [5, 5.41) is 4.34. The first kappa shape index (κ1) is 15.3. The molecule has 0 radical (unpaired) electrons. The number of rotatable bonds is 2. The fraction of sp³-hybridized carbons (Fsp3) is 0.471.